The fourth-order valence-corrected chi connectivity index (χ4v) is 2.14. The van der Waals surface area contributed by atoms with Gasteiger partial charge in [-0.15, -0.1) is 0 Å². The molecular formula is C15H22BFO2. The Labute approximate surface area is 115 Å². The molecule has 1 fully saturated rings. The molecule has 104 valence electrons. The van der Waals surface area contributed by atoms with Gasteiger partial charge in [0.25, 0.3) is 0 Å². The van der Waals surface area contributed by atoms with Crippen molar-refractivity contribution in [3.63, 3.8) is 0 Å². The SMILES string of the molecule is CC(C)c1ccc(B2OC(C)(C)C(C)(C)O2)cc1F. The third-order valence-corrected chi connectivity index (χ3v) is 4.17. The lowest BCUT2D eigenvalue weighted by Gasteiger charge is -2.32. The molecular weight excluding hydrogens is 242 g/mol. The first-order chi connectivity index (χ1) is 8.64. The molecule has 0 bridgehead atoms. The Balaban J connectivity index is 2.28. The lowest BCUT2D eigenvalue weighted by atomic mass is 9.78. The summed E-state index contributed by atoms with van der Waals surface area (Å²) in [7, 11) is -0.499. The van der Waals surface area contributed by atoms with Crippen molar-refractivity contribution in [1.29, 1.82) is 0 Å². The van der Waals surface area contributed by atoms with Crippen LogP contribution in [-0.2, 0) is 9.31 Å². The maximum Gasteiger partial charge on any atom is 0.494 e. The van der Waals surface area contributed by atoms with E-state index in [0.717, 1.165) is 11.0 Å². The Kier molecular flexibility index (Phi) is 3.52. The van der Waals surface area contributed by atoms with Crippen LogP contribution in [0.1, 0.15) is 53.0 Å². The molecule has 0 aromatic heterocycles. The van der Waals surface area contributed by atoms with Crippen LogP contribution in [0.15, 0.2) is 18.2 Å². The van der Waals surface area contributed by atoms with Gasteiger partial charge in [0.05, 0.1) is 11.2 Å². The quantitative estimate of drug-likeness (QED) is 0.763. The van der Waals surface area contributed by atoms with E-state index in [1.54, 1.807) is 0 Å². The first kappa shape index (κ1) is 14.5. The Morgan fingerprint density at radius 2 is 1.58 bits per heavy atom. The van der Waals surface area contributed by atoms with Gasteiger partial charge in [-0.25, -0.2) is 4.39 Å². The maximum atomic E-state index is 14.0. The van der Waals surface area contributed by atoms with E-state index in [9.17, 15) is 4.39 Å². The van der Waals surface area contributed by atoms with E-state index in [2.05, 4.69) is 0 Å². The van der Waals surface area contributed by atoms with E-state index < -0.39 is 18.3 Å². The topological polar surface area (TPSA) is 18.5 Å². The van der Waals surface area contributed by atoms with Gasteiger partial charge in [-0.05, 0) is 50.7 Å². The lowest BCUT2D eigenvalue weighted by molar-refractivity contribution is 0.00578. The largest absolute Gasteiger partial charge is 0.494 e. The van der Waals surface area contributed by atoms with Crippen LogP contribution in [0.25, 0.3) is 0 Å². The van der Waals surface area contributed by atoms with Gasteiger partial charge in [-0.3, -0.25) is 0 Å². The lowest BCUT2D eigenvalue weighted by Crippen LogP contribution is -2.41. The minimum absolute atomic E-state index is 0.173. The van der Waals surface area contributed by atoms with Crippen LogP contribution < -0.4 is 5.46 Å². The van der Waals surface area contributed by atoms with Crippen molar-refractivity contribution >= 4 is 12.6 Å². The molecule has 1 saturated heterocycles. The highest BCUT2D eigenvalue weighted by Gasteiger charge is 2.51. The molecule has 0 aliphatic carbocycles. The zero-order valence-electron chi connectivity index (χ0n) is 12.6. The molecule has 2 rings (SSSR count). The molecule has 0 saturated carbocycles. The second-order valence-corrected chi connectivity index (χ2v) is 6.52. The molecule has 2 nitrogen and oxygen atoms in total. The Morgan fingerprint density at radius 1 is 1.05 bits per heavy atom. The summed E-state index contributed by atoms with van der Waals surface area (Å²) < 4.78 is 25.9. The molecule has 1 aromatic carbocycles. The predicted octanol–water partition coefficient (Wildman–Crippen LogP) is 3.25. The van der Waals surface area contributed by atoms with E-state index in [4.69, 9.17) is 9.31 Å². The average molecular weight is 264 g/mol. The van der Waals surface area contributed by atoms with Crippen molar-refractivity contribution in [1.82, 2.24) is 0 Å². The zero-order chi connectivity index (χ0) is 14.4. The maximum absolute atomic E-state index is 14.0. The van der Waals surface area contributed by atoms with Crippen molar-refractivity contribution in [3.8, 4) is 0 Å². The fourth-order valence-electron chi connectivity index (χ4n) is 2.14. The van der Waals surface area contributed by atoms with Crippen LogP contribution in [0.2, 0.25) is 0 Å². The van der Waals surface area contributed by atoms with E-state index in [1.807, 2.05) is 53.7 Å². The molecule has 0 unspecified atom stereocenters. The van der Waals surface area contributed by atoms with Gasteiger partial charge in [0, 0.05) is 0 Å². The number of hydrogen-bond donors (Lipinski definition) is 0. The minimum Gasteiger partial charge on any atom is -0.399 e. The van der Waals surface area contributed by atoms with Gasteiger partial charge < -0.3 is 9.31 Å². The van der Waals surface area contributed by atoms with Gasteiger partial charge in [0.2, 0.25) is 0 Å². The second-order valence-electron chi connectivity index (χ2n) is 6.52. The summed E-state index contributed by atoms with van der Waals surface area (Å²) in [6.45, 7) is 11.9. The van der Waals surface area contributed by atoms with E-state index in [-0.39, 0.29) is 11.7 Å². The number of halogens is 1. The van der Waals surface area contributed by atoms with Crippen molar-refractivity contribution in [2.24, 2.45) is 0 Å². The Hall–Kier alpha value is -0.865. The van der Waals surface area contributed by atoms with Crippen LogP contribution in [0, 0.1) is 5.82 Å². The molecule has 0 amide bonds. The molecule has 1 aliphatic heterocycles. The Bertz CT molecular complexity index is 467. The number of benzene rings is 1. The van der Waals surface area contributed by atoms with Crippen molar-refractivity contribution in [3.05, 3.63) is 29.6 Å². The molecule has 0 radical (unpaired) electrons. The van der Waals surface area contributed by atoms with E-state index in [1.165, 1.54) is 6.07 Å². The van der Waals surface area contributed by atoms with Crippen LogP contribution >= 0.6 is 0 Å². The highest BCUT2D eigenvalue weighted by Crippen LogP contribution is 2.36. The van der Waals surface area contributed by atoms with Crippen LogP contribution in [0.5, 0.6) is 0 Å². The summed E-state index contributed by atoms with van der Waals surface area (Å²) in [5, 5.41) is 0. The first-order valence-electron chi connectivity index (χ1n) is 6.79. The van der Waals surface area contributed by atoms with Crippen LogP contribution in [-0.4, -0.2) is 18.3 Å². The minimum atomic E-state index is -0.499. The molecule has 4 heteroatoms. The molecule has 0 spiro atoms. The third kappa shape index (κ3) is 2.56. The fraction of sp³-hybridized carbons (Fsp3) is 0.600. The van der Waals surface area contributed by atoms with Crippen molar-refractivity contribution < 1.29 is 13.7 Å². The summed E-state index contributed by atoms with van der Waals surface area (Å²) in [6, 6.07) is 5.23. The van der Waals surface area contributed by atoms with Gasteiger partial charge >= 0.3 is 7.12 Å². The summed E-state index contributed by atoms with van der Waals surface area (Å²) in [5.74, 6) is -0.0189. The van der Waals surface area contributed by atoms with Gasteiger partial charge in [0.1, 0.15) is 5.82 Å². The second kappa shape index (κ2) is 4.60. The highest BCUT2D eigenvalue weighted by molar-refractivity contribution is 6.62. The third-order valence-electron chi connectivity index (χ3n) is 4.17. The molecule has 1 aromatic rings. The van der Waals surface area contributed by atoms with Gasteiger partial charge in [-0.1, -0.05) is 26.0 Å². The molecule has 0 N–H and O–H groups in total. The normalized spacial score (nSPS) is 21.2. The Morgan fingerprint density at radius 3 is 2.00 bits per heavy atom. The number of rotatable bonds is 2. The van der Waals surface area contributed by atoms with Crippen LogP contribution in [0.3, 0.4) is 0 Å². The monoisotopic (exact) mass is 264 g/mol. The first-order valence-corrected chi connectivity index (χ1v) is 6.79. The zero-order valence-corrected chi connectivity index (χ0v) is 12.6. The van der Waals surface area contributed by atoms with E-state index >= 15 is 0 Å². The molecule has 19 heavy (non-hydrogen) atoms. The number of hydrogen-bond acceptors (Lipinski definition) is 2. The van der Waals surface area contributed by atoms with Gasteiger partial charge in [-0.2, -0.15) is 0 Å². The average Bonchev–Trinajstić information content (AvgIpc) is 2.47. The summed E-state index contributed by atoms with van der Waals surface area (Å²) in [6.07, 6.45) is 0. The van der Waals surface area contributed by atoms with Crippen LogP contribution in [0.4, 0.5) is 4.39 Å². The van der Waals surface area contributed by atoms with Gasteiger partial charge in [0.15, 0.2) is 0 Å². The standard InChI is InChI=1S/C15H22BFO2/c1-10(2)12-8-7-11(9-13(12)17)16-18-14(3,4)15(5,6)19-16/h7-10H,1-6H3. The smallest absolute Gasteiger partial charge is 0.399 e. The molecule has 1 heterocycles. The van der Waals surface area contributed by atoms with E-state index in [0.29, 0.717) is 0 Å². The van der Waals surface area contributed by atoms with Crippen molar-refractivity contribution in [2.75, 3.05) is 0 Å². The summed E-state index contributed by atoms with van der Waals surface area (Å²) >= 11 is 0. The van der Waals surface area contributed by atoms with Crippen molar-refractivity contribution in [2.45, 2.75) is 58.7 Å². The summed E-state index contributed by atoms with van der Waals surface area (Å²) in [4.78, 5) is 0. The summed E-state index contributed by atoms with van der Waals surface area (Å²) in [5.41, 5.74) is 0.663. The molecule has 0 atom stereocenters. The molecule has 1 aliphatic rings. The highest BCUT2D eigenvalue weighted by atomic mass is 19.1. The predicted molar refractivity (Wildman–Crippen MR) is 76.2 cm³/mol.